The Labute approximate surface area is 128 Å². The van der Waals surface area contributed by atoms with E-state index in [9.17, 15) is 0 Å². The first kappa shape index (κ1) is 15.0. The second-order valence-corrected chi connectivity index (χ2v) is 5.46. The van der Waals surface area contributed by atoms with Crippen LogP contribution in [0.1, 0.15) is 29.8 Å². The van der Waals surface area contributed by atoms with Crippen LogP contribution in [-0.4, -0.2) is 18.6 Å². The summed E-state index contributed by atoms with van der Waals surface area (Å²) in [6.45, 7) is 5.02. The van der Waals surface area contributed by atoms with Crippen molar-refractivity contribution in [1.82, 2.24) is 10.3 Å². The number of ether oxygens (including phenoxy) is 1. The molecule has 0 aliphatic heterocycles. The van der Waals surface area contributed by atoms with Crippen LogP contribution in [0.25, 0.3) is 0 Å². The number of benzene rings is 1. The lowest BCUT2D eigenvalue weighted by molar-refractivity contribution is 0.400. The molecule has 1 atom stereocenters. The number of rotatable bonds is 5. The Hall–Kier alpha value is -1.39. The van der Waals surface area contributed by atoms with Gasteiger partial charge in [0.1, 0.15) is 11.4 Å². The molecule has 1 aromatic heterocycles. The Kier molecular flexibility index (Phi) is 5.15. The number of nitrogens with zero attached hydrogens (tertiary/aromatic N) is 1. The van der Waals surface area contributed by atoms with Crippen molar-refractivity contribution in [2.75, 3.05) is 13.7 Å². The zero-order valence-corrected chi connectivity index (χ0v) is 13.6. The maximum Gasteiger partial charge on any atom is 0.142 e. The van der Waals surface area contributed by atoms with Crippen LogP contribution in [0.3, 0.4) is 0 Å². The molecule has 1 unspecified atom stereocenters. The number of pyridine rings is 1. The van der Waals surface area contributed by atoms with Crippen LogP contribution in [-0.2, 0) is 0 Å². The van der Waals surface area contributed by atoms with Gasteiger partial charge in [-0.2, -0.15) is 0 Å². The molecule has 0 radical (unpaired) electrons. The lowest BCUT2D eigenvalue weighted by Crippen LogP contribution is -2.24. The molecular formula is C16H19BrN2O. The summed E-state index contributed by atoms with van der Waals surface area (Å²) >= 11 is 3.65. The summed E-state index contributed by atoms with van der Waals surface area (Å²) in [5, 5.41) is 3.48. The quantitative estimate of drug-likeness (QED) is 0.901. The zero-order valence-electron chi connectivity index (χ0n) is 12.0. The van der Waals surface area contributed by atoms with Crippen LogP contribution in [0.15, 0.2) is 41.0 Å². The summed E-state index contributed by atoms with van der Waals surface area (Å²) in [6.07, 6.45) is 1.80. The van der Waals surface area contributed by atoms with Gasteiger partial charge in [-0.3, -0.25) is 4.98 Å². The molecule has 2 rings (SSSR count). The summed E-state index contributed by atoms with van der Waals surface area (Å²) in [5.41, 5.74) is 3.29. The van der Waals surface area contributed by atoms with Crippen molar-refractivity contribution < 1.29 is 4.74 Å². The largest absolute Gasteiger partial charge is 0.495 e. The number of aromatic nitrogens is 1. The van der Waals surface area contributed by atoms with Crippen molar-refractivity contribution in [3.05, 3.63) is 57.8 Å². The highest BCUT2D eigenvalue weighted by Gasteiger charge is 2.20. The van der Waals surface area contributed by atoms with Crippen LogP contribution in [0.4, 0.5) is 0 Å². The molecule has 106 valence electrons. The van der Waals surface area contributed by atoms with Gasteiger partial charge in [0.25, 0.3) is 0 Å². The maximum absolute atomic E-state index is 5.44. The van der Waals surface area contributed by atoms with Crippen LogP contribution < -0.4 is 10.1 Å². The highest BCUT2D eigenvalue weighted by Crippen LogP contribution is 2.32. The van der Waals surface area contributed by atoms with Gasteiger partial charge in [0.2, 0.25) is 0 Å². The van der Waals surface area contributed by atoms with E-state index < -0.39 is 0 Å². The van der Waals surface area contributed by atoms with E-state index in [4.69, 9.17) is 4.74 Å². The first-order chi connectivity index (χ1) is 9.67. The molecule has 0 spiro atoms. The van der Waals surface area contributed by atoms with E-state index in [1.807, 2.05) is 12.1 Å². The molecule has 1 aromatic carbocycles. The Bertz CT molecular complexity index is 586. The molecule has 3 nitrogen and oxygen atoms in total. The molecule has 0 aliphatic carbocycles. The van der Waals surface area contributed by atoms with E-state index in [2.05, 4.69) is 58.3 Å². The first-order valence-corrected chi connectivity index (χ1v) is 7.45. The number of hydrogen-bond donors (Lipinski definition) is 1. The predicted molar refractivity (Wildman–Crippen MR) is 85.2 cm³/mol. The number of nitrogens with one attached hydrogen (secondary N) is 1. The van der Waals surface area contributed by atoms with Crippen LogP contribution in [0, 0.1) is 6.92 Å². The molecule has 4 heteroatoms. The Morgan fingerprint density at radius 3 is 2.80 bits per heavy atom. The Morgan fingerprint density at radius 1 is 1.35 bits per heavy atom. The zero-order chi connectivity index (χ0) is 14.5. The van der Waals surface area contributed by atoms with Crippen molar-refractivity contribution in [3.63, 3.8) is 0 Å². The molecule has 2 aromatic rings. The Balaban J connectivity index is 2.50. The molecule has 0 fully saturated rings. The predicted octanol–water partition coefficient (Wildman–Crippen LogP) is 3.86. The minimum Gasteiger partial charge on any atom is -0.495 e. The van der Waals surface area contributed by atoms with E-state index in [1.54, 1.807) is 13.3 Å². The Morgan fingerprint density at radius 2 is 2.15 bits per heavy atom. The summed E-state index contributed by atoms with van der Waals surface area (Å²) in [7, 11) is 1.67. The van der Waals surface area contributed by atoms with Crippen molar-refractivity contribution >= 4 is 15.9 Å². The van der Waals surface area contributed by atoms with Gasteiger partial charge in [-0.25, -0.2) is 0 Å². The minimum absolute atomic E-state index is 0.00567. The van der Waals surface area contributed by atoms with Gasteiger partial charge in [0.05, 0.1) is 13.2 Å². The van der Waals surface area contributed by atoms with Crippen LogP contribution in [0.5, 0.6) is 5.75 Å². The van der Waals surface area contributed by atoms with Crippen molar-refractivity contribution in [2.45, 2.75) is 19.9 Å². The fraction of sp³-hybridized carbons (Fsp3) is 0.312. The van der Waals surface area contributed by atoms with Gasteiger partial charge in [0, 0.05) is 10.7 Å². The molecular weight excluding hydrogens is 316 g/mol. The highest BCUT2D eigenvalue weighted by atomic mass is 79.9. The van der Waals surface area contributed by atoms with Gasteiger partial charge in [-0.1, -0.05) is 35.0 Å². The van der Waals surface area contributed by atoms with E-state index in [0.717, 1.165) is 28.0 Å². The minimum atomic E-state index is 0.00567. The van der Waals surface area contributed by atoms with E-state index in [0.29, 0.717) is 0 Å². The van der Waals surface area contributed by atoms with Gasteiger partial charge in [0.15, 0.2) is 0 Å². The third kappa shape index (κ3) is 3.19. The van der Waals surface area contributed by atoms with Crippen molar-refractivity contribution in [1.29, 1.82) is 0 Å². The second kappa shape index (κ2) is 6.86. The average Bonchev–Trinajstić information content (AvgIpc) is 2.45. The molecule has 0 saturated heterocycles. The van der Waals surface area contributed by atoms with E-state index >= 15 is 0 Å². The van der Waals surface area contributed by atoms with Gasteiger partial charge in [-0.05, 0) is 42.8 Å². The van der Waals surface area contributed by atoms with Crippen LogP contribution >= 0.6 is 15.9 Å². The van der Waals surface area contributed by atoms with Gasteiger partial charge < -0.3 is 10.1 Å². The maximum atomic E-state index is 5.44. The van der Waals surface area contributed by atoms with E-state index in [1.165, 1.54) is 5.56 Å². The lowest BCUT2D eigenvalue weighted by Gasteiger charge is -2.21. The molecule has 0 bridgehead atoms. The first-order valence-electron chi connectivity index (χ1n) is 6.65. The van der Waals surface area contributed by atoms with Crippen molar-refractivity contribution in [3.8, 4) is 5.75 Å². The lowest BCUT2D eigenvalue weighted by atomic mass is 10.0. The average molecular weight is 335 g/mol. The fourth-order valence-corrected chi connectivity index (χ4v) is 2.94. The van der Waals surface area contributed by atoms with Crippen molar-refractivity contribution in [2.24, 2.45) is 0 Å². The third-order valence-electron chi connectivity index (χ3n) is 3.17. The molecule has 0 amide bonds. The van der Waals surface area contributed by atoms with Gasteiger partial charge in [-0.15, -0.1) is 0 Å². The molecule has 1 N–H and O–H groups in total. The standard InChI is InChI=1S/C16H19BrN2O/c1-4-18-15(12-8-7-11(2)10-13(12)17)16-14(20-3)6-5-9-19-16/h5-10,15,18H,4H2,1-3H3. The number of halogens is 1. The summed E-state index contributed by atoms with van der Waals surface area (Å²) < 4.78 is 6.52. The SMILES string of the molecule is CCNC(c1ccc(C)cc1Br)c1ncccc1OC. The summed E-state index contributed by atoms with van der Waals surface area (Å²) in [5.74, 6) is 0.797. The number of methoxy groups -OCH3 is 1. The topological polar surface area (TPSA) is 34.2 Å². The number of aryl methyl sites for hydroxylation is 1. The smallest absolute Gasteiger partial charge is 0.142 e. The number of hydrogen-bond acceptors (Lipinski definition) is 3. The van der Waals surface area contributed by atoms with E-state index in [-0.39, 0.29) is 6.04 Å². The van der Waals surface area contributed by atoms with Crippen LogP contribution in [0.2, 0.25) is 0 Å². The fourth-order valence-electron chi connectivity index (χ4n) is 2.22. The molecule has 20 heavy (non-hydrogen) atoms. The summed E-state index contributed by atoms with van der Waals surface area (Å²) in [4.78, 5) is 4.50. The molecule has 0 aliphatic rings. The monoisotopic (exact) mass is 334 g/mol. The summed E-state index contributed by atoms with van der Waals surface area (Å²) in [6, 6.07) is 10.2. The third-order valence-corrected chi connectivity index (χ3v) is 3.86. The second-order valence-electron chi connectivity index (χ2n) is 4.61. The van der Waals surface area contributed by atoms with Gasteiger partial charge >= 0.3 is 0 Å². The molecule has 1 heterocycles. The highest BCUT2D eigenvalue weighted by molar-refractivity contribution is 9.10. The normalized spacial score (nSPS) is 12.2. The molecule has 0 saturated carbocycles.